The number of hydrogen-bond acceptors (Lipinski definition) is 2. The summed E-state index contributed by atoms with van der Waals surface area (Å²) >= 11 is 0. The highest BCUT2D eigenvalue weighted by Gasteiger charge is 2.26. The largest absolute Gasteiger partial charge is 0.346 e. The predicted molar refractivity (Wildman–Crippen MR) is 69.2 cm³/mol. The van der Waals surface area contributed by atoms with Gasteiger partial charge in [-0.2, -0.15) is 0 Å². The Kier molecular flexibility index (Phi) is 3.19. The molecule has 0 amide bonds. The number of nitrogens with one attached hydrogen (secondary N) is 2. The average Bonchev–Trinajstić information content (AvgIpc) is 2.86. The van der Waals surface area contributed by atoms with Crippen LogP contribution in [0.2, 0.25) is 0 Å². The molecule has 0 bridgehead atoms. The van der Waals surface area contributed by atoms with Crippen LogP contribution in [0.1, 0.15) is 55.7 Å². The van der Waals surface area contributed by atoms with Crippen LogP contribution in [0.15, 0.2) is 0 Å². The number of aryl methyl sites for hydroxylation is 1. The quantitative estimate of drug-likeness (QED) is 0.838. The zero-order valence-corrected chi connectivity index (χ0v) is 10.8. The molecule has 2 N–H and O–H groups in total. The van der Waals surface area contributed by atoms with Crippen LogP contribution in [0, 0.1) is 5.92 Å². The van der Waals surface area contributed by atoms with E-state index in [2.05, 4.69) is 17.2 Å². The van der Waals surface area contributed by atoms with E-state index in [0.717, 1.165) is 24.7 Å². The van der Waals surface area contributed by atoms with Gasteiger partial charge in [-0.25, -0.2) is 4.98 Å². The number of aromatic nitrogens is 2. The van der Waals surface area contributed by atoms with E-state index in [-0.39, 0.29) is 0 Å². The summed E-state index contributed by atoms with van der Waals surface area (Å²) in [5.41, 5.74) is 2.79. The summed E-state index contributed by atoms with van der Waals surface area (Å²) in [4.78, 5) is 8.45. The molecule has 0 spiro atoms. The van der Waals surface area contributed by atoms with Crippen LogP contribution in [0.3, 0.4) is 0 Å². The Balaban J connectivity index is 1.73. The maximum atomic E-state index is 4.88. The fourth-order valence-electron chi connectivity index (χ4n) is 3.03. The molecule has 1 aliphatic heterocycles. The first-order chi connectivity index (χ1) is 8.36. The van der Waals surface area contributed by atoms with Gasteiger partial charge in [0.15, 0.2) is 0 Å². The molecular formula is C14H23N3. The normalized spacial score (nSPS) is 25.1. The minimum atomic E-state index is 0.761. The fraction of sp³-hybridized carbons (Fsp3) is 0.786. The van der Waals surface area contributed by atoms with Crippen molar-refractivity contribution in [2.24, 2.45) is 5.92 Å². The molecule has 1 atom stereocenters. The Hall–Kier alpha value is -0.830. The molecule has 3 rings (SSSR count). The highest BCUT2D eigenvalue weighted by Crippen LogP contribution is 2.37. The maximum absolute atomic E-state index is 4.88. The Morgan fingerprint density at radius 2 is 2.18 bits per heavy atom. The molecule has 94 valence electrons. The first kappa shape index (κ1) is 11.3. The van der Waals surface area contributed by atoms with Crippen LogP contribution in [0.25, 0.3) is 0 Å². The van der Waals surface area contributed by atoms with E-state index in [1.807, 2.05) is 0 Å². The molecule has 2 aliphatic rings. The van der Waals surface area contributed by atoms with Gasteiger partial charge in [0.25, 0.3) is 0 Å². The fourth-order valence-corrected chi connectivity index (χ4v) is 3.03. The van der Waals surface area contributed by atoms with Crippen LogP contribution < -0.4 is 5.32 Å². The number of imidazole rings is 1. The van der Waals surface area contributed by atoms with Gasteiger partial charge in [0.1, 0.15) is 5.82 Å². The molecule has 3 heteroatoms. The minimum Gasteiger partial charge on any atom is -0.346 e. The van der Waals surface area contributed by atoms with Crippen molar-refractivity contribution in [3.63, 3.8) is 0 Å². The van der Waals surface area contributed by atoms with Gasteiger partial charge < -0.3 is 10.3 Å². The molecule has 3 nitrogen and oxygen atoms in total. The topological polar surface area (TPSA) is 40.7 Å². The molecular weight excluding hydrogens is 210 g/mol. The first-order valence-corrected chi connectivity index (χ1v) is 7.15. The van der Waals surface area contributed by atoms with Gasteiger partial charge in [-0.1, -0.05) is 13.3 Å². The van der Waals surface area contributed by atoms with Gasteiger partial charge in [-0.05, 0) is 44.7 Å². The van der Waals surface area contributed by atoms with Gasteiger partial charge in [-0.3, -0.25) is 0 Å². The maximum Gasteiger partial charge on any atom is 0.106 e. The van der Waals surface area contributed by atoms with Crippen LogP contribution in [-0.2, 0) is 12.8 Å². The van der Waals surface area contributed by atoms with Crippen molar-refractivity contribution in [3.8, 4) is 0 Å². The molecule has 0 radical (unpaired) electrons. The van der Waals surface area contributed by atoms with Crippen molar-refractivity contribution in [1.82, 2.24) is 15.3 Å². The predicted octanol–water partition coefficient (Wildman–Crippen LogP) is 2.39. The van der Waals surface area contributed by atoms with E-state index < -0.39 is 0 Å². The summed E-state index contributed by atoms with van der Waals surface area (Å²) in [5.74, 6) is 2.79. The molecule has 1 aliphatic carbocycles. The second kappa shape index (κ2) is 4.81. The zero-order chi connectivity index (χ0) is 11.7. The van der Waals surface area contributed by atoms with Gasteiger partial charge in [0.2, 0.25) is 0 Å². The van der Waals surface area contributed by atoms with Crippen LogP contribution in [0.4, 0.5) is 0 Å². The molecule has 17 heavy (non-hydrogen) atoms. The smallest absolute Gasteiger partial charge is 0.106 e. The van der Waals surface area contributed by atoms with Crippen molar-refractivity contribution in [1.29, 1.82) is 0 Å². The molecule has 1 aromatic rings. The van der Waals surface area contributed by atoms with Crippen molar-refractivity contribution < 1.29 is 0 Å². The lowest BCUT2D eigenvalue weighted by Crippen LogP contribution is -2.12. The molecule has 0 aromatic carbocycles. The third-order valence-electron chi connectivity index (χ3n) is 4.35. The molecule has 2 fully saturated rings. The summed E-state index contributed by atoms with van der Waals surface area (Å²) in [7, 11) is 0. The van der Waals surface area contributed by atoms with E-state index in [9.17, 15) is 0 Å². The Morgan fingerprint density at radius 1 is 1.29 bits per heavy atom. The number of nitrogens with zero attached hydrogens (tertiary/aromatic N) is 1. The van der Waals surface area contributed by atoms with E-state index in [0.29, 0.717) is 0 Å². The lowest BCUT2D eigenvalue weighted by atomic mass is 9.82. The zero-order valence-electron chi connectivity index (χ0n) is 10.8. The molecule has 1 saturated heterocycles. The number of rotatable bonds is 4. The van der Waals surface area contributed by atoms with Crippen molar-refractivity contribution in [2.75, 3.05) is 13.1 Å². The van der Waals surface area contributed by atoms with Crippen molar-refractivity contribution >= 4 is 0 Å². The standard InChI is InChI=1S/C14H23N3/c1-2-12-14(11-4-3-5-11)17-13(16-12)8-10-6-7-15-9-10/h10-11,15H,2-9H2,1H3,(H,16,17). The van der Waals surface area contributed by atoms with E-state index in [1.165, 1.54) is 56.0 Å². The number of H-pyrrole nitrogens is 1. The minimum absolute atomic E-state index is 0.761. The van der Waals surface area contributed by atoms with Gasteiger partial charge in [-0.15, -0.1) is 0 Å². The van der Waals surface area contributed by atoms with Crippen LogP contribution in [0.5, 0.6) is 0 Å². The second-order valence-corrected chi connectivity index (χ2v) is 5.59. The van der Waals surface area contributed by atoms with Crippen LogP contribution in [-0.4, -0.2) is 23.1 Å². The number of aromatic amines is 1. The SMILES string of the molecule is CCc1[nH]c(CC2CCNC2)nc1C1CCC1. The van der Waals surface area contributed by atoms with Crippen molar-refractivity contribution in [3.05, 3.63) is 17.2 Å². The van der Waals surface area contributed by atoms with E-state index in [4.69, 9.17) is 4.98 Å². The Morgan fingerprint density at radius 3 is 2.76 bits per heavy atom. The lowest BCUT2D eigenvalue weighted by molar-refractivity contribution is 0.409. The Labute approximate surface area is 103 Å². The third kappa shape index (κ3) is 2.25. The highest BCUT2D eigenvalue weighted by atomic mass is 15.0. The summed E-state index contributed by atoms with van der Waals surface area (Å²) in [6.45, 7) is 4.58. The molecule has 2 heterocycles. The third-order valence-corrected chi connectivity index (χ3v) is 4.35. The molecule has 1 unspecified atom stereocenters. The average molecular weight is 233 g/mol. The summed E-state index contributed by atoms with van der Waals surface area (Å²) in [6.07, 6.45) is 7.63. The van der Waals surface area contributed by atoms with Crippen LogP contribution >= 0.6 is 0 Å². The van der Waals surface area contributed by atoms with E-state index >= 15 is 0 Å². The summed E-state index contributed by atoms with van der Waals surface area (Å²) in [6, 6.07) is 0. The van der Waals surface area contributed by atoms with Gasteiger partial charge in [0.05, 0.1) is 5.69 Å². The van der Waals surface area contributed by atoms with Gasteiger partial charge >= 0.3 is 0 Å². The second-order valence-electron chi connectivity index (χ2n) is 5.59. The Bertz CT molecular complexity index is 373. The summed E-state index contributed by atoms with van der Waals surface area (Å²) < 4.78 is 0. The van der Waals surface area contributed by atoms with Gasteiger partial charge in [0, 0.05) is 18.0 Å². The van der Waals surface area contributed by atoms with E-state index in [1.54, 1.807) is 0 Å². The van der Waals surface area contributed by atoms with Crippen molar-refractivity contribution in [2.45, 2.75) is 51.4 Å². The first-order valence-electron chi connectivity index (χ1n) is 7.15. The summed E-state index contributed by atoms with van der Waals surface area (Å²) in [5, 5.41) is 3.43. The lowest BCUT2D eigenvalue weighted by Gasteiger charge is -2.24. The molecule has 1 saturated carbocycles. The monoisotopic (exact) mass is 233 g/mol. The number of hydrogen-bond donors (Lipinski definition) is 2. The highest BCUT2D eigenvalue weighted by molar-refractivity contribution is 5.21. The molecule has 1 aromatic heterocycles.